The Balaban J connectivity index is 1.65. The van der Waals surface area contributed by atoms with E-state index in [2.05, 4.69) is 21.5 Å². The Labute approximate surface area is 226 Å². The Morgan fingerprint density at radius 1 is 0.921 bits per heavy atom. The normalized spacial score (nSPS) is 10.9. The first-order valence-corrected chi connectivity index (χ1v) is 12.1. The van der Waals surface area contributed by atoms with Crippen LogP contribution in [-0.2, 0) is 4.79 Å². The van der Waals surface area contributed by atoms with Crippen molar-refractivity contribution in [1.29, 1.82) is 10.5 Å². The summed E-state index contributed by atoms with van der Waals surface area (Å²) in [5.41, 5.74) is 9.47. The molecule has 0 aliphatic rings. The SMILES string of the molecule is CCC(Oc1ccc(C)cc1C)C(=O)Nc1ccc(Cl)c(NC(=O)NNc2cc(C#N)c(C#N)cc2C)c1. The highest BCUT2D eigenvalue weighted by Gasteiger charge is 2.20. The second-order valence-electron chi connectivity index (χ2n) is 8.61. The average molecular weight is 531 g/mol. The molecule has 194 valence electrons. The molecule has 4 N–H and O–H groups in total. The van der Waals surface area contributed by atoms with Gasteiger partial charge in [0.1, 0.15) is 17.9 Å². The molecular weight excluding hydrogens is 504 g/mol. The number of benzene rings is 3. The van der Waals surface area contributed by atoms with E-state index >= 15 is 0 Å². The van der Waals surface area contributed by atoms with E-state index in [9.17, 15) is 14.9 Å². The molecule has 0 aromatic heterocycles. The second-order valence-corrected chi connectivity index (χ2v) is 9.02. The minimum absolute atomic E-state index is 0.182. The van der Waals surface area contributed by atoms with Gasteiger partial charge in [-0.3, -0.25) is 15.6 Å². The van der Waals surface area contributed by atoms with E-state index in [0.717, 1.165) is 11.1 Å². The molecule has 38 heavy (non-hydrogen) atoms. The summed E-state index contributed by atoms with van der Waals surface area (Å²) in [4.78, 5) is 25.4. The standard InChI is InChI=1S/C28H27ClN6O3/c1-5-25(38-26-9-6-16(2)10-18(26)4)27(36)32-21-7-8-22(29)24(13-21)33-28(37)35-34-23-12-20(15-31)19(14-30)11-17(23)3/h6-13,25,34H,5H2,1-4H3,(H,32,36)(H2,33,35,37). The van der Waals surface area contributed by atoms with Gasteiger partial charge in [0.15, 0.2) is 6.10 Å². The third kappa shape index (κ3) is 6.94. The van der Waals surface area contributed by atoms with Crippen LogP contribution in [0.15, 0.2) is 48.5 Å². The maximum absolute atomic E-state index is 12.9. The molecule has 3 amide bonds. The van der Waals surface area contributed by atoms with Crippen LogP contribution in [0.1, 0.15) is 41.2 Å². The summed E-state index contributed by atoms with van der Waals surface area (Å²) in [6.45, 7) is 7.51. The number of carbonyl (C=O) groups excluding carboxylic acids is 2. The quantitative estimate of drug-likeness (QED) is 0.265. The molecular formula is C28H27ClN6O3. The number of aryl methyl sites for hydroxylation is 3. The van der Waals surface area contributed by atoms with Crippen molar-refractivity contribution in [2.24, 2.45) is 0 Å². The van der Waals surface area contributed by atoms with Crippen molar-refractivity contribution < 1.29 is 14.3 Å². The molecule has 0 spiro atoms. The summed E-state index contributed by atoms with van der Waals surface area (Å²) in [6.07, 6.45) is -0.265. The first-order valence-electron chi connectivity index (χ1n) is 11.8. The lowest BCUT2D eigenvalue weighted by Crippen LogP contribution is -2.34. The number of amides is 3. The highest BCUT2D eigenvalue weighted by Crippen LogP contribution is 2.27. The molecule has 1 unspecified atom stereocenters. The average Bonchev–Trinajstić information content (AvgIpc) is 2.89. The first-order chi connectivity index (χ1) is 18.1. The fraction of sp³-hybridized carbons (Fsp3) is 0.214. The summed E-state index contributed by atoms with van der Waals surface area (Å²) in [7, 11) is 0. The molecule has 1 atom stereocenters. The number of nitriles is 2. The number of nitrogens with one attached hydrogen (secondary N) is 4. The van der Waals surface area contributed by atoms with Gasteiger partial charge in [0.05, 0.1) is 27.5 Å². The molecule has 0 saturated carbocycles. The van der Waals surface area contributed by atoms with Gasteiger partial charge in [-0.25, -0.2) is 4.79 Å². The largest absolute Gasteiger partial charge is 0.480 e. The second kappa shape index (κ2) is 12.5. The molecule has 0 heterocycles. The summed E-state index contributed by atoms with van der Waals surface area (Å²) in [6, 6.07) is 16.8. The number of ether oxygens (including phenoxy) is 1. The van der Waals surface area contributed by atoms with Crippen LogP contribution in [0.25, 0.3) is 0 Å². The lowest BCUT2D eigenvalue weighted by molar-refractivity contribution is -0.122. The first kappa shape index (κ1) is 27.9. The van der Waals surface area contributed by atoms with Crippen molar-refractivity contribution in [3.63, 3.8) is 0 Å². The van der Waals surface area contributed by atoms with Gasteiger partial charge in [-0.2, -0.15) is 10.5 Å². The van der Waals surface area contributed by atoms with Crippen LogP contribution in [-0.4, -0.2) is 18.0 Å². The van der Waals surface area contributed by atoms with Crippen LogP contribution in [0.5, 0.6) is 5.75 Å². The molecule has 0 aliphatic heterocycles. The highest BCUT2D eigenvalue weighted by molar-refractivity contribution is 6.33. The lowest BCUT2D eigenvalue weighted by atomic mass is 10.0. The number of hydrogen-bond donors (Lipinski definition) is 4. The lowest BCUT2D eigenvalue weighted by Gasteiger charge is -2.19. The number of hydrazine groups is 1. The maximum Gasteiger partial charge on any atom is 0.337 e. The third-order valence-electron chi connectivity index (χ3n) is 5.66. The molecule has 0 aliphatic carbocycles. The van der Waals surface area contributed by atoms with Gasteiger partial charge in [-0.15, -0.1) is 0 Å². The number of nitrogens with zero attached hydrogens (tertiary/aromatic N) is 2. The number of carbonyl (C=O) groups is 2. The van der Waals surface area contributed by atoms with Crippen molar-refractivity contribution in [2.75, 3.05) is 16.1 Å². The van der Waals surface area contributed by atoms with Gasteiger partial charge < -0.3 is 15.4 Å². The van der Waals surface area contributed by atoms with Crippen molar-refractivity contribution in [3.05, 3.63) is 81.4 Å². The minimum Gasteiger partial charge on any atom is -0.480 e. The Morgan fingerprint density at radius 3 is 2.29 bits per heavy atom. The number of hydrogen-bond acceptors (Lipinski definition) is 6. The maximum atomic E-state index is 12.9. The van der Waals surface area contributed by atoms with Crippen molar-refractivity contribution in [1.82, 2.24) is 5.43 Å². The van der Waals surface area contributed by atoms with E-state index in [1.807, 2.05) is 51.1 Å². The summed E-state index contributed by atoms with van der Waals surface area (Å²) >= 11 is 6.25. The molecule has 0 bridgehead atoms. The van der Waals surface area contributed by atoms with Crippen LogP contribution in [0, 0.1) is 43.4 Å². The number of anilines is 3. The zero-order valence-corrected chi connectivity index (χ0v) is 22.2. The molecule has 0 saturated heterocycles. The van der Waals surface area contributed by atoms with Gasteiger partial charge in [-0.05, 0) is 74.7 Å². The van der Waals surface area contributed by atoms with E-state index in [1.54, 1.807) is 25.1 Å². The zero-order chi connectivity index (χ0) is 27.8. The Hall–Kier alpha value is -4.73. The molecule has 10 heteroatoms. The van der Waals surface area contributed by atoms with Gasteiger partial charge >= 0.3 is 6.03 Å². The van der Waals surface area contributed by atoms with Gasteiger partial charge in [0, 0.05) is 5.69 Å². The van der Waals surface area contributed by atoms with E-state index in [-0.39, 0.29) is 27.7 Å². The van der Waals surface area contributed by atoms with E-state index in [1.165, 1.54) is 12.1 Å². The molecule has 9 nitrogen and oxygen atoms in total. The Bertz CT molecular complexity index is 1460. The van der Waals surface area contributed by atoms with Gasteiger partial charge in [0.2, 0.25) is 0 Å². The topological polar surface area (TPSA) is 139 Å². The number of halogens is 1. The Kier molecular flexibility index (Phi) is 9.15. The monoisotopic (exact) mass is 530 g/mol. The van der Waals surface area contributed by atoms with E-state index in [0.29, 0.717) is 29.1 Å². The third-order valence-corrected chi connectivity index (χ3v) is 5.99. The molecule has 3 rings (SSSR count). The number of rotatable bonds is 8. The zero-order valence-electron chi connectivity index (χ0n) is 21.4. The van der Waals surface area contributed by atoms with Crippen molar-refractivity contribution in [2.45, 2.75) is 40.2 Å². The van der Waals surface area contributed by atoms with E-state index < -0.39 is 12.1 Å². The molecule has 3 aromatic carbocycles. The van der Waals surface area contributed by atoms with Gasteiger partial charge in [0.25, 0.3) is 5.91 Å². The fourth-order valence-corrected chi connectivity index (χ4v) is 3.80. The van der Waals surface area contributed by atoms with Crippen LogP contribution in [0.2, 0.25) is 5.02 Å². The smallest absolute Gasteiger partial charge is 0.337 e. The van der Waals surface area contributed by atoms with Crippen LogP contribution in [0.4, 0.5) is 21.9 Å². The van der Waals surface area contributed by atoms with Crippen LogP contribution < -0.4 is 26.2 Å². The summed E-state index contributed by atoms with van der Waals surface area (Å²) in [5.74, 6) is 0.302. The Morgan fingerprint density at radius 2 is 1.63 bits per heavy atom. The molecule has 0 radical (unpaired) electrons. The summed E-state index contributed by atoms with van der Waals surface area (Å²) < 4.78 is 5.95. The van der Waals surface area contributed by atoms with Crippen molar-refractivity contribution >= 4 is 40.6 Å². The van der Waals surface area contributed by atoms with Crippen LogP contribution >= 0.6 is 11.6 Å². The highest BCUT2D eigenvalue weighted by atomic mass is 35.5. The van der Waals surface area contributed by atoms with Gasteiger partial charge in [-0.1, -0.05) is 36.2 Å². The predicted molar refractivity (Wildman–Crippen MR) is 147 cm³/mol. The van der Waals surface area contributed by atoms with E-state index in [4.69, 9.17) is 21.6 Å². The fourth-order valence-electron chi connectivity index (χ4n) is 3.63. The van der Waals surface area contributed by atoms with Crippen LogP contribution in [0.3, 0.4) is 0 Å². The van der Waals surface area contributed by atoms with Crippen molar-refractivity contribution in [3.8, 4) is 17.9 Å². The summed E-state index contributed by atoms with van der Waals surface area (Å²) in [5, 5.41) is 24.0. The molecule has 0 fully saturated rings. The molecule has 3 aromatic rings. The number of urea groups is 1. The minimum atomic E-state index is -0.718. The predicted octanol–water partition coefficient (Wildman–Crippen LogP) is 5.95.